The van der Waals surface area contributed by atoms with E-state index in [1.165, 1.54) is 0 Å². The fourth-order valence-corrected chi connectivity index (χ4v) is 3.31. The van der Waals surface area contributed by atoms with Crippen molar-refractivity contribution in [1.29, 1.82) is 0 Å². The van der Waals surface area contributed by atoms with Crippen molar-refractivity contribution >= 4 is 54.1 Å². The molecule has 1 aliphatic heterocycles. The number of amidine groups is 1. The first-order valence-electron chi connectivity index (χ1n) is 9.42. The van der Waals surface area contributed by atoms with Gasteiger partial charge in [0.15, 0.2) is 5.78 Å². The average Bonchev–Trinajstić information content (AvgIpc) is 3.03. The minimum Gasteiger partial charge on any atom is -0.353 e. The van der Waals surface area contributed by atoms with E-state index < -0.39 is 6.04 Å². The molecule has 1 heterocycles. The number of amides is 1. The zero-order valence-electron chi connectivity index (χ0n) is 16.4. The van der Waals surface area contributed by atoms with Crippen LogP contribution in [0.5, 0.6) is 0 Å². The number of nitrogens with zero attached hydrogens (tertiary/aromatic N) is 1. The van der Waals surface area contributed by atoms with Gasteiger partial charge in [-0.25, -0.2) is 0 Å². The molecule has 0 fully saturated rings. The maximum atomic E-state index is 12.1. The van der Waals surface area contributed by atoms with Crippen LogP contribution < -0.4 is 10.6 Å². The summed E-state index contributed by atoms with van der Waals surface area (Å²) in [5.74, 6) is 0.442. The summed E-state index contributed by atoms with van der Waals surface area (Å²) in [6.45, 7) is 6.42. The molecule has 1 aromatic carbocycles. The minimum atomic E-state index is -0.609. The first-order valence-corrected chi connectivity index (χ1v) is 10.2. The number of aliphatic imine (C=N–C) groups is 1. The van der Waals surface area contributed by atoms with E-state index in [2.05, 4.69) is 29.5 Å². The second-order valence-corrected chi connectivity index (χ2v) is 7.99. The quantitative estimate of drug-likeness (QED) is 0.446. The number of ketones is 1. The third-order valence-corrected chi connectivity index (χ3v) is 5.06. The molecule has 0 aliphatic carbocycles. The smallest absolute Gasteiger partial charge is 0.236 e. The van der Waals surface area contributed by atoms with E-state index in [1.807, 2.05) is 26.3 Å². The molecule has 1 amide bonds. The Labute approximate surface area is 177 Å². The summed E-state index contributed by atoms with van der Waals surface area (Å²) in [7, 11) is 1.99. The van der Waals surface area contributed by atoms with Crippen LogP contribution in [0.3, 0.4) is 0 Å². The molecule has 2 rings (SSSR count). The van der Waals surface area contributed by atoms with Gasteiger partial charge in [-0.3, -0.25) is 14.6 Å². The number of hydrogen-bond acceptors (Lipinski definition) is 3. The summed E-state index contributed by atoms with van der Waals surface area (Å²) < 4.78 is 0. The highest BCUT2D eigenvalue weighted by atomic mass is 35.5. The van der Waals surface area contributed by atoms with Crippen molar-refractivity contribution in [3.63, 3.8) is 0 Å². The standard InChI is InChI=1S/C20H25BCl2N3O2/c1-4-5-18(28)17(25-11-27)10-24-20-21-14(8-12(2)3)19(26-20)13-6-7-15(22)16(23)9-13/h6-7,9,11-12,17H,4-5,8,10H2,1-3H3,(H,24,26)(H,25,27). The van der Waals surface area contributed by atoms with Gasteiger partial charge in [0.05, 0.1) is 22.3 Å². The van der Waals surface area contributed by atoms with E-state index in [-0.39, 0.29) is 12.3 Å². The highest BCUT2D eigenvalue weighted by molar-refractivity contribution is 6.83. The highest BCUT2D eigenvalue weighted by Crippen LogP contribution is 2.30. The molecule has 0 aromatic heterocycles. The number of benzene rings is 1. The zero-order valence-corrected chi connectivity index (χ0v) is 17.9. The van der Waals surface area contributed by atoms with E-state index in [4.69, 9.17) is 23.2 Å². The van der Waals surface area contributed by atoms with E-state index in [0.29, 0.717) is 34.5 Å². The molecule has 1 unspecified atom stereocenters. The summed E-state index contributed by atoms with van der Waals surface area (Å²) >= 11 is 12.2. The monoisotopic (exact) mass is 420 g/mol. The Morgan fingerprint density at radius 2 is 2.07 bits per heavy atom. The van der Waals surface area contributed by atoms with Crippen LogP contribution in [0, 0.1) is 5.92 Å². The molecule has 0 saturated carbocycles. The molecule has 1 aromatic rings. The van der Waals surface area contributed by atoms with Gasteiger partial charge in [0, 0.05) is 12.1 Å². The van der Waals surface area contributed by atoms with Crippen molar-refractivity contribution in [2.24, 2.45) is 10.9 Å². The van der Waals surface area contributed by atoms with Crippen LogP contribution in [0.1, 0.15) is 45.6 Å². The molecule has 28 heavy (non-hydrogen) atoms. The van der Waals surface area contributed by atoms with Crippen LogP contribution in [0.2, 0.25) is 10.0 Å². The van der Waals surface area contributed by atoms with Crippen LogP contribution in [-0.4, -0.2) is 37.8 Å². The minimum absolute atomic E-state index is 0.0167. The Balaban J connectivity index is 2.21. The molecule has 2 N–H and O–H groups in total. The first kappa shape index (κ1) is 22.5. The van der Waals surface area contributed by atoms with E-state index in [9.17, 15) is 9.59 Å². The Bertz CT molecular complexity index is 794. The normalized spacial score (nSPS) is 16.1. The number of allylic oxidation sites excluding steroid dienone is 1. The van der Waals surface area contributed by atoms with Crippen molar-refractivity contribution in [3.8, 4) is 0 Å². The zero-order chi connectivity index (χ0) is 20.7. The van der Waals surface area contributed by atoms with Gasteiger partial charge in [-0.1, -0.05) is 55.5 Å². The fourth-order valence-electron chi connectivity index (χ4n) is 3.02. The van der Waals surface area contributed by atoms with Crippen molar-refractivity contribution in [3.05, 3.63) is 39.3 Å². The van der Waals surface area contributed by atoms with Gasteiger partial charge in [-0.2, -0.15) is 0 Å². The summed E-state index contributed by atoms with van der Waals surface area (Å²) in [5, 5.41) is 6.88. The number of Topliss-reactive ketones (excluding diaryl/α,β-unsaturated/α-hetero) is 1. The van der Waals surface area contributed by atoms with Gasteiger partial charge in [-0.15, -0.1) is 0 Å². The molecule has 0 bridgehead atoms. The third-order valence-electron chi connectivity index (χ3n) is 4.32. The molecule has 1 radical (unpaired) electrons. The number of rotatable bonds is 10. The van der Waals surface area contributed by atoms with Crippen LogP contribution in [0.15, 0.2) is 28.7 Å². The van der Waals surface area contributed by atoms with Gasteiger partial charge in [0.1, 0.15) is 6.04 Å². The summed E-state index contributed by atoms with van der Waals surface area (Å²) in [5.41, 5.74) is 3.65. The Kier molecular flexibility index (Phi) is 8.58. The first-order chi connectivity index (χ1) is 13.3. The average molecular weight is 421 g/mol. The molecule has 149 valence electrons. The molecule has 8 heteroatoms. The summed E-state index contributed by atoms with van der Waals surface area (Å²) in [4.78, 5) is 27.5. The molecule has 0 spiro atoms. The maximum absolute atomic E-state index is 12.1. The lowest BCUT2D eigenvalue weighted by molar-refractivity contribution is -0.123. The van der Waals surface area contributed by atoms with Gasteiger partial charge < -0.3 is 10.6 Å². The lowest BCUT2D eigenvalue weighted by Gasteiger charge is -2.13. The lowest BCUT2D eigenvalue weighted by atomic mass is 9.67. The number of carbonyl (C=O) groups excluding carboxylic acids is 2. The molecular weight excluding hydrogens is 396 g/mol. The van der Waals surface area contributed by atoms with Gasteiger partial charge in [0.2, 0.25) is 13.7 Å². The Morgan fingerprint density at radius 1 is 1.32 bits per heavy atom. The van der Waals surface area contributed by atoms with Crippen molar-refractivity contribution in [2.45, 2.75) is 46.1 Å². The fraction of sp³-hybridized carbons (Fsp3) is 0.450. The highest BCUT2D eigenvalue weighted by Gasteiger charge is 2.24. The Morgan fingerprint density at radius 3 is 2.68 bits per heavy atom. The van der Waals surface area contributed by atoms with Gasteiger partial charge >= 0.3 is 0 Å². The summed E-state index contributed by atoms with van der Waals surface area (Å²) in [6.07, 6.45) is 2.57. The summed E-state index contributed by atoms with van der Waals surface area (Å²) in [6, 6.07) is 4.89. The Hall–Kier alpha value is -1.79. The molecule has 1 atom stereocenters. The molecular formula is C20H25BCl2N3O2. The predicted octanol–water partition coefficient (Wildman–Crippen LogP) is 3.86. The SMILES string of the molecule is CCCC(=O)C(CN=C1[B]C(CC(C)C)=C(c2ccc(Cl)c(Cl)c2)N1)NC=O. The van der Waals surface area contributed by atoms with Gasteiger partial charge in [0.25, 0.3) is 0 Å². The van der Waals surface area contributed by atoms with E-state index >= 15 is 0 Å². The molecule has 1 aliphatic rings. The van der Waals surface area contributed by atoms with Crippen molar-refractivity contribution < 1.29 is 9.59 Å². The third kappa shape index (κ3) is 6.11. The number of carbonyl (C=O) groups is 2. The number of halogens is 2. The van der Waals surface area contributed by atoms with Gasteiger partial charge in [-0.05, 0) is 36.5 Å². The van der Waals surface area contributed by atoms with Crippen LogP contribution in [0.25, 0.3) is 5.70 Å². The van der Waals surface area contributed by atoms with E-state index in [1.54, 1.807) is 6.07 Å². The van der Waals surface area contributed by atoms with Crippen LogP contribution in [-0.2, 0) is 9.59 Å². The van der Waals surface area contributed by atoms with Crippen molar-refractivity contribution in [2.75, 3.05) is 6.54 Å². The van der Waals surface area contributed by atoms with Crippen molar-refractivity contribution in [1.82, 2.24) is 10.6 Å². The lowest BCUT2D eigenvalue weighted by Crippen LogP contribution is -2.39. The number of hydrogen-bond donors (Lipinski definition) is 2. The molecule has 5 nitrogen and oxygen atoms in total. The second-order valence-electron chi connectivity index (χ2n) is 7.18. The van der Waals surface area contributed by atoms with E-state index in [0.717, 1.165) is 29.6 Å². The molecule has 0 saturated heterocycles. The predicted molar refractivity (Wildman–Crippen MR) is 117 cm³/mol. The maximum Gasteiger partial charge on any atom is 0.236 e. The number of nitrogens with one attached hydrogen (secondary N) is 2. The second kappa shape index (κ2) is 10.7. The largest absolute Gasteiger partial charge is 0.353 e. The van der Waals surface area contributed by atoms with Crippen LogP contribution in [0.4, 0.5) is 0 Å². The van der Waals surface area contributed by atoms with Crippen LogP contribution >= 0.6 is 23.2 Å². The topological polar surface area (TPSA) is 70.6 Å².